The van der Waals surface area contributed by atoms with Crippen molar-refractivity contribution in [2.24, 2.45) is 0 Å². The molecule has 246 valence electrons. The molecule has 2 unspecified atom stereocenters. The normalized spacial score (nSPS) is 15.3. The summed E-state index contributed by atoms with van der Waals surface area (Å²) in [4.78, 5) is 14.3. The summed E-state index contributed by atoms with van der Waals surface area (Å²) < 4.78 is 37.1. The fourth-order valence-corrected chi connectivity index (χ4v) is 5.86. The molecule has 1 fully saturated rings. The summed E-state index contributed by atoms with van der Waals surface area (Å²) in [5.41, 5.74) is 5.39. The summed E-state index contributed by atoms with van der Waals surface area (Å²) in [5, 5.41) is 18.1. The summed E-state index contributed by atoms with van der Waals surface area (Å²) in [7, 11) is -3.12. The van der Waals surface area contributed by atoms with Crippen molar-refractivity contribution < 1.29 is 27.8 Å². The molecule has 0 saturated carbocycles. The average Bonchev–Trinajstić information content (AvgIpc) is 3.02. The second-order valence-corrected chi connectivity index (χ2v) is 13.6. The second-order valence-electron chi connectivity index (χ2n) is 11.7. The number of aryl methyl sites for hydroxylation is 2. The Bertz CT molecular complexity index is 1400. The summed E-state index contributed by atoms with van der Waals surface area (Å²) in [6.45, 7) is 2.64. The van der Waals surface area contributed by atoms with Crippen molar-refractivity contribution in [3.63, 3.8) is 0 Å². The van der Waals surface area contributed by atoms with Gasteiger partial charge in [0.05, 0.1) is 24.8 Å². The molecule has 0 bridgehead atoms. The molecule has 0 aliphatic carbocycles. The van der Waals surface area contributed by atoms with E-state index in [1.807, 2.05) is 24.0 Å². The minimum absolute atomic E-state index is 0.0907. The van der Waals surface area contributed by atoms with Crippen LogP contribution in [0.5, 0.6) is 0 Å². The Hall–Kier alpha value is -3.11. The van der Waals surface area contributed by atoms with E-state index in [1.165, 1.54) is 54.3 Å². The van der Waals surface area contributed by atoms with Crippen molar-refractivity contribution in [2.75, 3.05) is 24.3 Å². The van der Waals surface area contributed by atoms with Crippen LogP contribution in [0.2, 0.25) is 0 Å². The monoisotopic (exact) mass is 640 g/mol. The number of aliphatic hydroxyl groups excluding tert-OH is 2. The number of unbranched alkanes of at least 4 members (excludes halogenated alkanes) is 5. The summed E-state index contributed by atoms with van der Waals surface area (Å²) in [6.07, 6.45) is 11.1. The summed E-state index contributed by atoms with van der Waals surface area (Å²) >= 11 is 0. The molecule has 1 amide bonds. The molecule has 0 aromatic heterocycles. The largest absolute Gasteiger partial charge is 0.396 e. The molecule has 4 rings (SSSR count). The van der Waals surface area contributed by atoms with Gasteiger partial charge in [0.15, 0.2) is 0 Å². The lowest BCUT2D eigenvalue weighted by molar-refractivity contribution is -0.124. The SMILES string of the molecule is CCC(O)c1ccc(F)cc1.CS(=O)(=O)NCCCCc1ccc(N2C(=O)CC2c2ccc(CCCCCCCO)cc2)cc1. The van der Waals surface area contributed by atoms with Gasteiger partial charge in [-0.2, -0.15) is 0 Å². The first-order valence-corrected chi connectivity index (χ1v) is 18.0. The third-order valence-corrected chi connectivity index (χ3v) is 8.78. The molecule has 9 heteroatoms. The number of hydrogen-bond donors (Lipinski definition) is 3. The van der Waals surface area contributed by atoms with E-state index in [2.05, 4.69) is 41.1 Å². The van der Waals surface area contributed by atoms with Crippen LogP contribution in [0.4, 0.5) is 10.1 Å². The predicted molar refractivity (Wildman–Crippen MR) is 179 cm³/mol. The maximum atomic E-state index is 12.4. The van der Waals surface area contributed by atoms with E-state index < -0.39 is 16.1 Å². The lowest BCUT2D eigenvalue weighted by Crippen LogP contribution is -2.46. The molecular weight excluding hydrogens is 591 g/mol. The summed E-state index contributed by atoms with van der Waals surface area (Å²) in [6, 6.07) is 22.8. The Kier molecular flexibility index (Phi) is 15.2. The van der Waals surface area contributed by atoms with Crippen molar-refractivity contribution in [3.05, 3.63) is 101 Å². The standard InChI is InChI=1S/C27H38N2O4S.C9H11FO/c1-34(32,33)28-19-7-6-10-23-13-17-25(18-14-23)29-26(21-27(29)31)24-15-11-22(12-16-24)9-5-3-2-4-8-20-30;1-2-9(11)7-3-5-8(10)6-4-7/h11-18,26,28,30H,2-10,19-21H2,1H3;3-6,9,11H,2H2,1H3. The van der Waals surface area contributed by atoms with Gasteiger partial charge in [-0.1, -0.05) is 74.7 Å². The molecule has 1 aliphatic heterocycles. The maximum Gasteiger partial charge on any atom is 0.230 e. The molecule has 2 atom stereocenters. The smallest absolute Gasteiger partial charge is 0.230 e. The number of sulfonamides is 1. The van der Waals surface area contributed by atoms with Gasteiger partial charge < -0.3 is 15.1 Å². The highest BCUT2D eigenvalue weighted by Gasteiger charge is 2.38. The van der Waals surface area contributed by atoms with Crippen LogP contribution in [0.1, 0.15) is 99.1 Å². The predicted octanol–water partition coefficient (Wildman–Crippen LogP) is 6.79. The van der Waals surface area contributed by atoms with E-state index in [-0.39, 0.29) is 17.8 Å². The molecule has 7 nitrogen and oxygen atoms in total. The number of carbonyl (C=O) groups is 1. The molecule has 0 radical (unpaired) electrons. The molecule has 3 N–H and O–H groups in total. The van der Waals surface area contributed by atoms with E-state index in [1.54, 1.807) is 12.1 Å². The van der Waals surface area contributed by atoms with E-state index >= 15 is 0 Å². The first-order chi connectivity index (χ1) is 21.6. The minimum Gasteiger partial charge on any atom is -0.396 e. The van der Waals surface area contributed by atoms with Gasteiger partial charge in [-0.3, -0.25) is 4.79 Å². The van der Waals surface area contributed by atoms with Crippen molar-refractivity contribution in [1.82, 2.24) is 4.72 Å². The van der Waals surface area contributed by atoms with Gasteiger partial charge in [-0.15, -0.1) is 0 Å². The second kappa shape index (κ2) is 18.8. The van der Waals surface area contributed by atoms with Crippen LogP contribution in [0.15, 0.2) is 72.8 Å². The Morgan fingerprint density at radius 1 is 0.844 bits per heavy atom. The van der Waals surface area contributed by atoms with Gasteiger partial charge in [0.25, 0.3) is 0 Å². The number of rotatable bonds is 17. The highest BCUT2D eigenvalue weighted by Crippen LogP contribution is 2.39. The molecule has 3 aromatic carbocycles. The average molecular weight is 641 g/mol. The van der Waals surface area contributed by atoms with E-state index in [9.17, 15) is 22.7 Å². The first kappa shape index (κ1) is 36.4. The highest BCUT2D eigenvalue weighted by atomic mass is 32.2. The number of nitrogens with one attached hydrogen (secondary N) is 1. The molecular formula is C36H49FN2O5S. The Balaban J connectivity index is 0.000000423. The number of benzene rings is 3. The molecule has 1 aliphatic rings. The lowest BCUT2D eigenvalue weighted by Gasteiger charge is -2.41. The zero-order valence-corrected chi connectivity index (χ0v) is 27.4. The zero-order chi connectivity index (χ0) is 32.7. The van der Waals surface area contributed by atoms with Crippen molar-refractivity contribution in [1.29, 1.82) is 0 Å². The zero-order valence-electron chi connectivity index (χ0n) is 26.6. The number of amides is 1. The van der Waals surface area contributed by atoms with E-state index in [0.717, 1.165) is 49.8 Å². The molecule has 1 heterocycles. The third-order valence-electron chi connectivity index (χ3n) is 8.05. The summed E-state index contributed by atoms with van der Waals surface area (Å²) in [5.74, 6) is -0.117. The Morgan fingerprint density at radius 2 is 1.40 bits per heavy atom. The van der Waals surface area contributed by atoms with Gasteiger partial charge in [0, 0.05) is 18.8 Å². The van der Waals surface area contributed by atoms with Crippen LogP contribution in [-0.4, -0.2) is 43.9 Å². The third kappa shape index (κ3) is 12.7. The number of carbonyl (C=O) groups excluding carboxylic acids is 1. The van der Waals surface area contributed by atoms with Crippen molar-refractivity contribution >= 4 is 21.6 Å². The number of halogens is 1. The number of nitrogens with zero attached hydrogens (tertiary/aromatic N) is 1. The number of β-lactam (4-membered cyclic amide) rings is 1. The van der Waals surface area contributed by atoms with E-state index in [4.69, 9.17) is 5.11 Å². The topological polar surface area (TPSA) is 107 Å². The molecule has 3 aromatic rings. The van der Waals surface area contributed by atoms with Crippen LogP contribution in [0.25, 0.3) is 0 Å². The van der Waals surface area contributed by atoms with Crippen molar-refractivity contribution in [3.8, 4) is 0 Å². The lowest BCUT2D eigenvalue weighted by atomic mass is 9.91. The first-order valence-electron chi connectivity index (χ1n) is 16.1. The number of anilines is 1. The van der Waals surface area contributed by atoms with Gasteiger partial charge in [0.1, 0.15) is 5.82 Å². The van der Waals surface area contributed by atoms with Crippen LogP contribution < -0.4 is 9.62 Å². The van der Waals surface area contributed by atoms with Crippen LogP contribution >= 0.6 is 0 Å². The van der Waals surface area contributed by atoms with Gasteiger partial charge in [0.2, 0.25) is 15.9 Å². The fourth-order valence-electron chi connectivity index (χ4n) is 5.34. The van der Waals surface area contributed by atoms with Crippen LogP contribution in [0, 0.1) is 5.82 Å². The number of hydrogen-bond acceptors (Lipinski definition) is 5. The van der Waals surface area contributed by atoms with E-state index in [0.29, 0.717) is 26.0 Å². The molecule has 0 spiro atoms. The van der Waals surface area contributed by atoms with Crippen LogP contribution in [-0.2, 0) is 27.7 Å². The molecule has 1 saturated heterocycles. The van der Waals surface area contributed by atoms with Gasteiger partial charge in [-0.05, 0) is 91.5 Å². The Labute approximate surface area is 268 Å². The van der Waals surface area contributed by atoms with Gasteiger partial charge in [-0.25, -0.2) is 17.5 Å². The number of aliphatic hydroxyl groups is 2. The highest BCUT2D eigenvalue weighted by molar-refractivity contribution is 7.88. The molecule has 45 heavy (non-hydrogen) atoms. The van der Waals surface area contributed by atoms with Crippen molar-refractivity contribution in [2.45, 2.75) is 89.7 Å². The fraction of sp³-hybridized carbons (Fsp3) is 0.472. The van der Waals surface area contributed by atoms with Crippen LogP contribution in [0.3, 0.4) is 0 Å². The maximum absolute atomic E-state index is 12.4. The Morgan fingerprint density at radius 3 is 1.96 bits per heavy atom. The quantitative estimate of drug-likeness (QED) is 0.111. The van der Waals surface area contributed by atoms with Gasteiger partial charge >= 0.3 is 0 Å². The minimum atomic E-state index is -3.12.